The fourth-order valence-electron chi connectivity index (χ4n) is 5.39. The summed E-state index contributed by atoms with van der Waals surface area (Å²) in [6.45, 7) is 1.84. The number of aromatic nitrogens is 4. The molecule has 0 radical (unpaired) electrons. The summed E-state index contributed by atoms with van der Waals surface area (Å²) < 4.78 is 44.2. The Kier molecular flexibility index (Phi) is 6.69. The van der Waals surface area contributed by atoms with E-state index < -0.39 is 28.6 Å². The van der Waals surface area contributed by atoms with Crippen LogP contribution in [0.5, 0.6) is 0 Å². The number of aliphatic hydroxyl groups excluding tert-OH is 1. The van der Waals surface area contributed by atoms with Gasteiger partial charge in [-0.1, -0.05) is 6.92 Å². The van der Waals surface area contributed by atoms with Crippen molar-refractivity contribution in [1.29, 1.82) is 0 Å². The van der Waals surface area contributed by atoms with Gasteiger partial charge in [0, 0.05) is 29.6 Å². The van der Waals surface area contributed by atoms with E-state index in [0.717, 1.165) is 19.3 Å². The summed E-state index contributed by atoms with van der Waals surface area (Å²) in [4.78, 5) is 25.5. The van der Waals surface area contributed by atoms with Crippen molar-refractivity contribution in [2.24, 2.45) is 11.1 Å². The van der Waals surface area contributed by atoms with Crippen molar-refractivity contribution in [3.8, 4) is 0 Å². The summed E-state index contributed by atoms with van der Waals surface area (Å²) in [6.07, 6.45) is 6.46. The number of hydrogen-bond acceptors (Lipinski definition) is 7. The Balaban J connectivity index is 1.52. The number of primary amides is 1. The van der Waals surface area contributed by atoms with Crippen LogP contribution in [0.25, 0.3) is 11.2 Å². The first-order valence-corrected chi connectivity index (χ1v) is 12.5. The number of nitrogens with one attached hydrogen (secondary N) is 2. The molecule has 2 aromatic heterocycles. The standard InChI is InChI=1S/C25H30F3N7O2/c1-25(22(29)37)7-5-15(6-8-25)35-21-19(12-30-23(34-21)31-14-3-2-4-16(36)11-14)32-24(35)33-20-17(27)9-13(26)10-18(20)28/h9-10,12,14-16,36H,2-8,11H2,1H3,(H2,29,37)(H,32,33)(H,30,31,34)/t14-,15?,16?,25?/m0/s1. The smallest absolute Gasteiger partial charge is 0.224 e. The Labute approximate surface area is 211 Å². The van der Waals surface area contributed by atoms with Crippen molar-refractivity contribution < 1.29 is 23.1 Å². The number of fused-ring (bicyclic) bond motifs is 1. The molecule has 9 nitrogen and oxygen atoms in total. The van der Waals surface area contributed by atoms with Gasteiger partial charge in [0.05, 0.1) is 12.3 Å². The molecule has 12 heteroatoms. The van der Waals surface area contributed by atoms with Gasteiger partial charge < -0.3 is 21.5 Å². The van der Waals surface area contributed by atoms with Crippen LogP contribution in [0.1, 0.15) is 64.3 Å². The van der Waals surface area contributed by atoms with E-state index in [4.69, 9.17) is 5.73 Å². The van der Waals surface area contributed by atoms with E-state index in [1.54, 1.807) is 4.57 Å². The molecule has 2 aliphatic rings. The third kappa shape index (κ3) is 5.07. The zero-order chi connectivity index (χ0) is 26.3. The lowest BCUT2D eigenvalue weighted by Crippen LogP contribution is -2.38. The number of imidazole rings is 1. The predicted octanol–water partition coefficient (Wildman–Crippen LogP) is 4.31. The van der Waals surface area contributed by atoms with Gasteiger partial charge in [0.2, 0.25) is 17.8 Å². The Morgan fingerprint density at radius 1 is 1.14 bits per heavy atom. The summed E-state index contributed by atoms with van der Waals surface area (Å²) in [5, 5.41) is 16.0. The van der Waals surface area contributed by atoms with Crippen LogP contribution in [0.2, 0.25) is 0 Å². The number of carbonyl (C=O) groups excluding carboxylic acids is 1. The van der Waals surface area contributed by atoms with E-state index in [2.05, 4.69) is 25.6 Å². The normalized spacial score (nSPS) is 26.2. The van der Waals surface area contributed by atoms with Crippen molar-refractivity contribution in [2.75, 3.05) is 10.6 Å². The number of nitrogens with two attached hydrogens (primary N) is 1. The number of aliphatic hydroxyl groups is 1. The molecule has 5 rings (SSSR count). The van der Waals surface area contributed by atoms with Crippen molar-refractivity contribution in [2.45, 2.75) is 76.5 Å². The average molecular weight is 518 g/mol. The second-order valence-electron chi connectivity index (χ2n) is 10.4. The lowest BCUT2D eigenvalue weighted by molar-refractivity contribution is -0.128. The Bertz CT molecular complexity index is 1300. The summed E-state index contributed by atoms with van der Waals surface area (Å²) in [7, 11) is 0. The minimum Gasteiger partial charge on any atom is -0.393 e. The van der Waals surface area contributed by atoms with Crippen molar-refractivity contribution in [1.82, 2.24) is 19.5 Å². The predicted molar refractivity (Wildman–Crippen MR) is 132 cm³/mol. The molecule has 1 unspecified atom stereocenters. The summed E-state index contributed by atoms with van der Waals surface area (Å²) in [6, 6.07) is 1.02. The third-order valence-electron chi connectivity index (χ3n) is 7.67. The molecule has 2 saturated carbocycles. The van der Waals surface area contributed by atoms with E-state index >= 15 is 0 Å². The zero-order valence-corrected chi connectivity index (χ0v) is 20.5. The molecule has 3 aromatic rings. The fourth-order valence-corrected chi connectivity index (χ4v) is 5.39. The molecule has 198 valence electrons. The van der Waals surface area contributed by atoms with Crippen molar-refractivity contribution >= 4 is 34.7 Å². The quantitative estimate of drug-likeness (QED) is 0.383. The number of anilines is 3. The fraction of sp³-hybridized carbons (Fsp3) is 0.520. The molecule has 2 heterocycles. The molecule has 2 atom stereocenters. The van der Waals surface area contributed by atoms with E-state index in [9.17, 15) is 23.1 Å². The van der Waals surface area contributed by atoms with Crippen LogP contribution in [0.15, 0.2) is 18.3 Å². The van der Waals surface area contributed by atoms with E-state index in [-0.39, 0.29) is 30.0 Å². The summed E-state index contributed by atoms with van der Waals surface area (Å²) in [5.41, 5.74) is 5.31. The number of hydrogen-bond donors (Lipinski definition) is 4. The molecule has 0 spiro atoms. The first kappa shape index (κ1) is 25.2. The van der Waals surface area contributed by atoms with E-state index in [0.29, 0.717) is 61.3 Å². The van der Waals surface area contributed by atoms with Gasteiger partial charge in [-0.05, 0) is 51.4 Å². The molecule has 0 bridgehead atoms. The molecule has 2 fully saturated rings. The van der Waals surface area contributed by atoms with Crippen LogP contribution >= 0.6 is 0 Å². The lowest BCUT2D eigenvalue weighted by Gasteiger charge is -2.35. The van der Waals surface area contributed by atoms with Gasteiger partial charge >= 0.3 is 0 Å². The molecular formula is C25H30F3N7O2. The van der Waals surface area contributed by atoms with Crippen molar-refractivity contribution in [3.05, 3.63) is 35.8 Å². The minimum absolute atomic E-state index is 0.0172. The monoisotopic (exact) mass is 517 g/mol. The first-order valence-electron chi connectivity index (χ1n) is 12.5. The highest BCUT2D eigenvalue weighted by Gasteiger charge is 2.38. The highest BCUT2D eigenvalue weighted by atomic mass is 19.1. The van der Waals surface area contributed by atoms with Gasteiger partial charge in [-0.2, -0.15) is 4.98 Å². The number of nitrogens with zero attached hydrogens (tertiary/aromatic N) is 4. The van der Waals surface area contributed by atoms with E-state index in [1.807, 2.05) is 6.92 Å². The van der Waals surface area contributed by atoms with Gasteiger partial charge in [-0.15, -0.1) is 0 Å². The van der Waals surface area contributed by atoms with Crippen LogP contribution in [0.3, 0.4) is 0 Å². The lowest BCUT2D eigenvalue weighted by atomic mass is 9.73. The maximum atomic E-state index is 14.5. The largest absolute Gasteiger partial charge is 0.393 e. The zero-order valence-electron chi connectivity index (χ0n) is 20.5. The molecule has 0 saturated heterocycles. The second-order valence-corrected chi connectivity index (χ2v) is 10.4. The van der Waals surface area contributed by atoms with E-state index in [1.165, 1.54) is 6.20 Å². The van der Waals surface area contributed by atoms with Crippen LogP contribution in [-0.2, 0) is 4.79 Å². The molecule has 0 aliphatic heterocycles. The van der Waals surface area contributed by atoms with Gasteiger partial charge in [-0.3, -0.25) is 9.36 Å². The number of carbonyl (C=O) groups is 1. The first-order chi connectivity index (χ1) is 17.6. The topological polar surface area (TPSA) is 131 Å². The Morgan fingerprint density at radius 3 is 2.49 bits per heavy atom. The molecule has 1 amide bonds. The minimum atomic E-state index is -1.09. The molecular weight excluding hydrogens is 487 g/mol. The number of benzene rings is 1. The van der Waals surface area contributed by atoms with Gasteiger partial charge in [0.15, 0.2) is 17.3 Å². The third-order valence-corrected chi connectivity index (χ3v) is 7.67. The molecule has 37 heavy (non-hydrogen) atoms. The average Bonchev–Trinajstić information content (AvgIpc) is 3.19. The van der Waals surface area contributed by atoms with Crippen LogP contribution in [0.4, 0.5) is 30.8 Å². The summed E-state index contributed by atoms with van der Waals surface area (Å²) >= 11 is 0. The summed E-state index contributed by atoms with van der Waals surface area (Å²) in [5.74, 6) is -3.08. The number of amides is 1. The maximum absolute atomic E-state index is 14.5. The number of halogens is 3. The van der Waals surface area contributed by atoms with Gasteiger partial charge in [0.25, 0.3) is 0 Å². The van der Waals surface area contributed by atoms with Crippen LogP contribution in [0, 0.1) is 22.9 Å². The second kappa shape index (κ2) is 9.81. The Hall–Kier alpha value is -3.41. The number of rotatable bonds is 6. The highest BCUT2D eigenvalue weighted by molar-refractivity contribution is 5.80. The van der Waals surface area contributed by atoms with Gasteiger partial charge in [0.1, 0.15) is 17.0 Å². The molecule has 2 aliphatic carbocycles. The maximum Gasteiger partial charge on any atom is 0.224 e. The van der Waals surface area contributed by atoms with Crippen LogP contribution < -0.4 is 16.4 Å². The highest BCUT2D eigenvalue weighted by Crippen LogP contribution is 2.43. The van der Waals surface area contributed by atoms with Crippen molar-refractivity contribution in [3.63, 3.8) is 0 Å². The van der Waals surface area contributed by atoms with Gasteiger partial charge in [-0.25, -0.2) is 23.1 Å². The molecule has 1 aromatic carbocycles. The Morgan fingerprint density at radius 2 is 1.84 bits per heavy atom. The SMILES string of the molecule is CC1(C(N)=O)CCC(n2c(Nc3c(F)cc(F)cc3F)nc3cnc(N[C@H]4CCCC(O)C4)nc32)CC1. The van der Waals surface area contributed by atoms with Crippen LogP contribution in [-0.4, -0.2) is 42.7 Å². The molecule has 5 N–H and O–H groups in total.